The molecule has 0 aliphatic carbocycles. The van der Waals surface area contributed by atoms with E-state index in [4.69, 9.17) is 0 Å². The van der Waals surface area contributed by atoms with E-state index >= 15 is 0 Å². The van der Waals surface area contributed by atoms with Gasteiger partial charge < -0.3 is 4.90 Å². The van der Waals surface area contributed by atoms with Crippen molar-refractivity contribution in [1.82, 2.24) is 9.21 Å². The molecule has 102 valence electrons. The van der Waals surface area contributed by atoms with Gasteiger partial charge >= 0.3 is 0 Å². The molecule has 0 amide bonds. The van der Waals surface area contributed by atoms with Gasteiger partial charge in [-0.25, -0.2) is 8.42 Å². The lowest BCUT2D eigenvalue weighted by Crippen LogP contribution is -2.44. The van der Waals surface area contributed by atoms with Gasteiger partial charge in [-0.15, -0.1) is 11.3 Å². The minimum atomic E-state index is -3.33. The summed E-state index contributed by atoms with van der Waals surface area (Å²) in [5.74, 6) is 0. The fourth-order valence-corrected chi connectivity index (χ4v) is 5.74. The summed E-state index contributed by atoms with van der Waals surface area (Å²) >= 11 is 4.57. The second-order valence-electron chi connectivity index (χ2n) is 4.61. The standard InChI is InChI=1S/C11H17BrN2O2S2/c1-13-7-5-9(6-8-13)14(2)18(15,16)11-4-3-10(12)17-11/h3-4,9H,5-8H2,1-2H3. The predicted molar refractivity (Wildman–Crippen MR) is 77.5 cm³/mol. The summed E-state index contributed by atoms with van der Waals surface area (Å²) in [5, 5.41) is 0. The third-order valence-corrected chi connectivity index (χ3v) is 7.39. The van der Waals surface area contributed by atoms with Crippen LogP contribution in [-0.2, 0) is 10.0 Å². The monoisotopic (exact) mass is 352 g/mol. The molecule has 2 rings (SSSR count). The van der Waals surface area contributed by atoms with Crippen LogP contribution < -0.4 is 0 Å². The summed E-state index contributed by atoms with van der Waals surface area (Å²) < 4.78 is 27.7. The molecule has 1 aromatic heterocycles. The van der Waals surface area contributed by atoms with Crippen LogP contribution in [0.5, 0.6) is 0 Å². The maximum Gasteiger partial charge on any atom is 0.252 e. The van der Waals surface area contributed by atoms with E-state index in [2.05, 4.69) is 27.9 Å². The Morgan fingerprint density at radius 2 is 2.00 bits per heavy atom. The van der Waals surface area contributed by atoms with E-state index in [1.54, 1.807) is 19.2 Å². The van der Waals surface area contributed by atoms with Gasteiger partial charge in [0.25, 0.3) is 10.0 Å². The molecule has 18 heavy (non-hydrogen) atoms. The number of piperidine rings is 1. The maximum absolute atomic E-state index is 12.4. The Morgan fingerprint density at radius 3 is 2.50 bits per heavy atom. The Bertz CT molecular complexity index is 507. The van der Waals surface area contributed by atoms with E-state index in [-0.39, 0.29) is 6.04 Å². The van der Waals surface area contributed by atoms with Crippen LogP contribution in [-0.4, -0.2) is 50.8 Å². The molecule has 0 atom stereocenters. The zero-order valence-electron chi connectivity index (χ0n) is 10.5. The molecule has 1 aromatic rings. The van der Waals surface area contributed by atoms with Crippen molar-refractivity contribution in [3.8, 4) is 0 Å². The average molecular weight is 353 g/mol. The Hall–Kier alpha value is 0.0500. The number of hydrogen-bond donors (Lipinski definition) is 0. The van der Waals surface area contributed by atoms with Gasteiger partial charge in [0, 0.05) is 13.1 Å². The highest BCUT2D eigenvalue weighted by Gasteiger charge is 2.30. The second-order valence-corrected chi connectivity index (χ2v) is 9.30. The zero-order chi connectivity index (χ0) is 13.3. The SMILES string of the molecule is CN1CCC(N(C)S(=O)(=O)c2ccc(Br)s2)CC1. The van der Waals surface area contributed by atoms with Crippen LogP contribution in [0.2, 0.25) is 0 Å². The van der Waals surface area contributed by atoms with E-state index < -0.39 is 10.0 Å². The van der Waals surface area contributed by atoms with E-state index in [0.717, 1.165) is 29.7 Å². The molecule has 0 radical (unpaired) electrons. The molecule has 0 aromatic carbocycles. The lowest BCUT2D eigenvalue weighted by atomic mass is 10.1. The van der Waals surface area contributed by atoms with Crippen LogP contribution in [0, 0.1) is 0 Å². The summed E-state index contributed by atoms with van der Waals surface area (Å²) in [4.78, 5) is 2.23. The van der Waals surface area contributed by atoms with E-state index in [0.29, 0.717) is 4.21 Å². The van der Waals surface area contributed by atoms with Crippen LogP contribution in [0.25, 0.3) is 0 Å². The minimum Gasteiger partial charge on any atom is -0.306 e. The summed E-state index contributed by atoms with van der Waals surface area (Å²) in [6.07, 6.45) is 1.80. The van der Waals surface area contributed by atoms with Gasteiger partial charge in [0.15, 0.2) is 0 Å². The third-order valence-electron chi connectivity index (χ3n) is 3.38. The minimum absolute atomic E-state index is 0.118. The number of rotatable bonds is 3. The van der Waals surface area contributed by atoms with Gasteiger partial charge in [-0.05, 0) is 61.0 Å². The van der Waals surface area contributed by atoms with Gasteiger partial charge in [-0.3, -0.25) is 0 Å². The first kappa shape index (κ1) is 14.5. The van der Waals surface area contributed by atoms with Gasteiger partial charge in [-0.2, -0.15) is 4.31 Å². The van der Waals surface area contributed by atoms with Crippen LogP contribution in [0.1, 0.15) is 12.8 Å². The Kier molecular flexibility index (Phi) is 4.48. The number of halogens is 1. The molecule has 0 saturated carbocycles. The fourth-order valence-electron chi connectivity index (χ4n) is 2.13. The van der Waals surface area contributed by atoms with Gasteiger partial charge in [-0.1, -0.05) is 0 Å². The highest BCUT2D eigenvalue weighted by molar-refractivity contribution is 9.11. The molecule has 0 spiro atoms. The van der Waals surface area contributed by atoms with E-state index in [9.17, 15) is 8.42 Å². The fraction of sp³-hybridized carbons (Fsp3) is 0.636. The largest absolute Gasteiger partial charge is 0.306 e. The van der Waals surface area contributed by atoms with Crippen molar-refractivity contribution < 1.29 is 8.42 Å². The first-order chi connectivity index (χ1) is 8.41. The number of thiophene rings is 1. The molecule has 1 fully saturated rings. The second kappa shape index (κ2) is 5.58. The molecule has 1 aliphatic rings. The summed E-state index contributed by atoms with van der Waals surface area (Å²) in [6.45, 7) is 1.91. The molecule has 0 unspecified atom stereocenters. The Balaban J connectivity index is 2.15. The lowest BCUT2D eigenvalue weighted by molar-refractivity contribution is 0.198. The van der Waals surface area contributed by atoms with Crippen LogP contribution >= 0.6 is 27.3 Å². The van der Waals surface area contributed by atoms with Crippen LogP contribution in [0.3, 0.4) is 0 Å². The Labute approximate surface area is 121 Å². The van der Waals surface area contributed by atoms with E-state index in [1.165, 1.54) is 15.6 Å². The smallest absolute Gasteiger partial charge is 0.252 e. The molecular weight excluding hydrogens is 336 g/mol. The highest BCUT2D eigenvalue weighted by atomic mass is 79.9. The number of sulfonamides is 1. The topological polar surface area (TPSA) is 40.6 Å². The molecule has 4 nitrogen and oxygen atoms in total. The van der Waals surface area contributed by atoms with Crippen molar-refractivity contribution in [1.29, 1.82) is 0 Å². The maximum atomic E-state index is 12.4. The molecule has 1 saturated heterocycles. The molecule has 0 N–H and O–H groups in total. The first-order valence-electron chi connectivity index (χ1n) is 5.83. The van der Waals surface area contributed by atoms with Crippen LogP contribution in [0.15, 0.2) is 20.1 Å². The predicted octanol–water partition coefficient (Wildman–Crippen LogP) is 2.23. The normalized spacial score (nSPS) is 19.6. The van der Waals surface area contributed by atoms with Crippen LogP contribution in [0.4, 0.5) is 0 Å². The molecule has 1 aliphatic heterocycles. The first-order valence-corrected chi connectivity index (χ1v) is 8.88. The quantitative estimate of drug-likeness (QED) is 0.837. The molecule has 7 heteroatoms. The van der Waals surface area contributed by atoms with Gasteiger partial charge in [0.2, 0.25) is 0 Å². The van der Waals surface area contributed by atoms with Crippen molar-refractivity contribution >= 4 is 37.3 Å². The zero-order valence-corrected chi connectivity index (χ0v) is 13.7. The van der Waals surface area contributed by atoms with Gasteiger partial charge in [0.05, 0.1) is 3.79 Å². The average Bonchev–Trinajstić information content (AvgIpc) is 2.76. The lowest BCUT2D eigenvalue weighted by Gasteiger charge is -2.34. The van der Waals surface area contributed by atoms with Crippen molar-refractivity contribution in [2.24, 2.45) is 0 Å². The summed E-state index contributed by atoms with van der Waals surface area (Å²) in [6, 6.07) is 3.56. The Morgan fingerprint density at radius 1 is 1.39 bits per heavy atom. The van der Waals surface area contributed by atoms with E-state index in [1.807, 2.05) is 0 Å². The molecule has 2 heterocycles. The van der Waals surface area contributed by atoms with Crippen molar-refractivity contribution in [2.45, 2.75) is 23.1 Å². The van der Waals surface area contributed by atoms with Crippen molar-refractivity contribution in [3.05, 3.63) is 15.9 Å². The number of likely N-dealkylation sites (tertiary alicyclic amines) is 1. The molecular formula is C11H17BrN2O2S2. The molecule has 0 bridgehead atoms. The van der Waals surface area contributed by atoms with Gasteiger partial charge in [0.1, 0.15) is 4.21 Å². The number of nitrogens with zero attached hydrogens (tertiary/aromatic N) is 2. The highest BCUT2D eigenvalue weighted by Crippen LogP contribution is 2.30. The number of hydrogen-bond acceptors (Lipinski definition) is 4. The third kappa shape index (κ3) is 2.96. The summed E-state index contributed by atoms with van der Waals surface area (Å²) in [5.41, 5.74) is 0. The van der Waals surface area contributed by atoms with Crippen molar-refractivity contribution in [3.63, 3.8) is 0 Å². The van der Waals surface area contributed by atoms with Crippen molar-refractivity contribution in [2.75, 3.05) is 27.2 Å². The summed E-state index contributed by atoms with van der Waals surface area (Å²) in [7, 11) is 0.432.